The van der Waals surface area contributed by atoms with Gasteiger partial charge in [0.15, 0.2) is 0 Å². The average molecular weight is 222 g/mol. The SMILES string of the molecule is NCc1ccc(N(CCCF)C2CC2)cc1. The molecule has 0 atom stereocenters. The molecule has 0 heterocycles. The van der Waals surface area contributed by atoms with E-state index in [0.29, 0.717) is 19.0 Å². The van der Waals surface area contributed by atoms with E-state index >= 15 is 0 Å². The lowest BCUT2D eigenvalue weighted by Crippen LogP contribution is -2.27. The Balaban J connectivity index is 2.05. The van der Waals surface area contributed by atoms with E-state index < -0.39 is 0 Å². The normalized spacial score (nSPS) is 15.1. The summed E-state index contributed by atoms with van der Waals surface area (Å²) in [6, 6.07) is 8.94. The van der Waals surface area contributed by atoms with Crippen molar-refractivity contribution in [3.63, 3.8) is 0 Å². The maximum atomic E-state index is 12.2. The molecule has 0 spiro atoms. The van der Waals surface area contributed by atoms with Gasteiger partial charge in [0.2, 0.25) is 0 Å². The molecule has 0 unspecified atom stereocenters. The highest BCUT2D eigenvalue weighted by molar-refractivity contribution is 5.49. The number of benzene rings is 1. The maximum absolute atomic E-state index is 12.2. The van der Waals surface area contributed by atoms with Crippen LogP contribution >= 0.6 is 0 Å². The smallest absolute Gasteiger partial charge is 0.0911 e. The Morgan fingerprint density at radius 3 is 2.44 bits per heavy atom. The summed E-state index contributed by atoms with van der Waals surface area (Å²) in [4.78, 5) is 2.32. The first-order valence-electron chi connectivity index (χ1n) is 5.96. The van der Waals surface area contributed by atoms with Crippen molar-refractivity contribution in [2.24, 2.45) is 5.73 Å². The van der Waals surface area contributed by atoms with Crippen molar-refractivity contribution in [2.75, 3.05) is 18.1 Å². The highest BCUT2D eigenvalue weighted by Crippen LogP contribution is 2.31. The molecule has 0 aliphatic heterocycles. The van der Waals surface area contributed by atoms with Crippen LogP contribution in [0.25, 0.3) is 0 Å². The second-order valence-electron chi connectivity index (χ2n) is 4.34. The second-order valence-corrected chi connectivity index (χ2v) is 4.34. The number of nitrogens with two attached hydrogens (primary N) is 1. The third-order valence-electron chi connectivity index (χ3n) is 3.02. The van der Waals surface area contributed by atoms with Gasteiger partial charge in [0.05, 0.1) is 6.67 Å². The number of nitrogens with zero attached hydrogens (tertiary/aromatic N) is 1. The highest BCUT2D eigenvalue weighted by Gasteiger charge is 2.28. The molecule has 2 rings (SSSR count). The Kier molecular flexibility index (Phi) is 3.78. The molecule has 1 fully saturated rings. The van der Waals surface area contributed by atoms with E-state index in [-0.39, 0.29) is 6.67 Å². The van der Waals surface area contributed by atoms with Crippen molar-refractivity contribution >= 4 is 5.69 Å². The highest BCUT2D eigenvalue weighted by atomic mass is 19.1. The fourth-order valence-electron chi connectivity index (χ4n) is 1.96. The van der Waals surface area contributed by atoms with Gasteiger partial charge in [-0.25, -0.2) is 0 Å². The van der Waals surface area contributed by atoms with Gasteiger partial charge in [0, 0.05) is 24.8 Å². The Labute approximate surface area is 96.2 Å². The Morgan fingerprint density at radius 1 is 1.25 bits per heavy atom. The molecule has 0 saturated heterocycles. The average Bonchev–Trinajstić information content (AvgIpc) is 3.15. The molecule has 1 saturated carbocycles. The lowest BCUT2D eigenvalue weighted by Gasteiger charge is -2.24. The summed E-state index contributed by atoms with van der Waals surface area (Å²) in [6.07, 6.45) is 3.10. The molecule has 88 valence electrons. The van der Waals surface area contributed by atoms with Crippen molar-refractivity contribution < 1.29 is 4.39 Å². The first kappa shape index (κ1) is 11.4. The fourth-order valence-corrected chi connectivity index (χ4v) is 1.96. The number of hydrogen-bond acceptors (Lipinski definition) is 2. The molecule has 2 N–H and O–H groups in total. The van der Waals surface area contributed by atoms with Gasteiger partial charge in [0.1, 0.15) is 0 Å². The van der Waals surface area contributed by atoms with Gasteiger partial charge in [-0.05, 0) is 37.0 Å². The predicted octanol–water partition coefficient (Wildman–Crippen LogP) is 2.47. The predicted molar refractivity (Wildman–Crippen MR) is 65.3 cm³/mol. The molecule has 1 aliphatic carbocycles. The molecule has 2 nitrogen and oxygen atoms in total. The van der Waals surface area contributed by atoms with E-state index in [1.54, 1.807) is 0 Å². The Bertz CT molecular complexity index is 319. The summed E-state index contributed by atoms with van der Waals surface area (Å²) in [6.45, 7) is 1.17. The third-order valence-corrected chi connectivity index (χ3v) is 3.02. The zero-order valence-electron chi connectivity index (χ0n) is 9.53. The van der Waals surface area contributed by atoms with Gasteiger partial charge in [-0.2, -0.15) is 0 Å². The van der Waals surface area contributed by atoms with Crippen LogP contribution in [0.1, 0.15) is 24.8 Å². The topological polar surface area (TPSA) is 29.3 Å². The molecule has 0 aromatic heterocycles. The number of rotatable bonds is 6. The van der Waals surface area contributed by atoms with E-state index in [1.807, 2.05) is 0 Å². The molecule has 0 radical (unpaired) electrons. The standard InChI is InChI=1S/C13H19FN2/c14-8-1-9-16(13-6-7-13)12-4-2-11(10-15)3-5-12/h2-5,13H,1,6-10,15H2. The zero-order valence-corrected chi connectivity index (χ0v) is 9.53. The summed E-state index contributed by atoms with van der Waals surface area (Å²) in [5.41, 5.74) is 7.91. The van der Waals surface area contributed by atoms with E-state index in [2.05, 4.69) is 29.2 Å². The lowest BCUT2D eigenvalue weighted by molar-refractivity contribution is 0.470. The van der Waals surface area contributed by atoms with Crippen molar-refractivity contribution in [3.8, 4) is 0 Å². The van der Waals surface area contributed by atoms with Gasteiger partial charge in [-0.1, -0.05) is 12.1 Å². The van der Waals surface area contributed by atoms with Crippen LogP contribution in [0.2, 0.25) is 0 Å². The van der Waals surface area contributed by atoms with Crippen LogP contribution < -0.4 is 10.6 Å². The number of halogens is 1. The minimum atomic E-state index is -0.232. The molecule has 1 aliphatic rings. The molecule has 3 heteroatoms. The van der Waals surface area contributed by atoms with Crippen LogP contribution in [0.3, 0.4) is 0 Å². The molecular weight excluding hydrogens is 203 g/mol. The van der Waals surface area contributed by atoms with Crippen LogP contribution in [0.5, 0.6) is 0 Å². The summed E-state index contributed by atoms with van der Waals surface area (Å²) in [5.74, 6) is 0. The number of hydrogen-bond donors (Lipinski definition) is 1. The van der Waals surface area contributed by atoms with Gasteiger partial charge >= 0.3 is 0 Å². The van der Waals surface area contributed by atoms with Crippen LogP contribution in [0.15, 0.2) is 24.3 Å². The largest absolute Gasteiger partial charge is 0.368 e. The molecule has 1 aromatic rings. The quantitative estimate of drug-likeness (QED) is 0.801. The van der Waals surface area contributed by atoms with Crippen LogP contribution in [-0.4, -0.2) is 19.3 Å². The molecular formula is C13H19FN2. The second kappa shape index (κ2) is 5.30. The zero-order chi connectivity index (χ0) is 11.4. The van der Waals surface area contributed by atoms with Crippen molar-refractivity contribution in [2.45, 2.75) is 31.8 Å². The van der Waals surface area contributed by atoms with Gasteiger partial charge < -0.3 is 10.6 Å². The lowest BCUT2D eigenvalue weighted by atomic mass is 10.2. The van der Waals surface area contributed by atoms with Gasteiger partial charge in [-0.3, -0.25) is 4.39 Å². The summed E-state index contributed by atoms with van der Waals surface area (Å²) in [5, 5.41) is 0. The van der Waals surface area contributed by atoms with Crippen LogP contribution in [-0.2, 0) is 6.54 Å². The summed E-state index contributed by atoms with van der Waals surface area (Å²) < 4.78 is 12.2. The van der Waals surface area contributed by atoms with E-state index in [4.69, 9.17) is 5.73 Å². The molecule has 0 amide bonds. The van der Waals surface area contributed by atoms with E-state index in [0.717, 1.165) is 12.1 Å². The first-order valence-corrected chi connectivity index (χ1v) is 5.96. The fraction of sp³-hybridized carbons (Fsp3) is 0.538. The van der Waals surface area contributed by atoms with Crippen molar-refractivity contribution in [3.05, 3.63) is 29.8 Å². The third kappa shape index (κ3) is 2.73. The van der Waals surface area contributed by atoms with Gasteiger partial charge in [0.25, 0.3) is 0 Å². The minimum Gasteiger partial charge on any atom is -0.368 e. The summed E-state index contributed by atoms with van der Waals surface area (Å²) >= 11 is 0. The Morgan fingerprint density at radius 2 is 1.94 bits per heavy atom. The van der Waals surface area contributed by atoms with E-state index in [1.165, 1.54) is 18.5 Å². The molecule has 0 bridgehead atoms. The summed E-state index contributed by atoms with van der Waals surface area (Å²) in [7, 11) is 0. The van der Waals surface area contributed by atoms with Crippen molar-refractivity contribution in [1.29, 1.82) is 0 Å². The number of alkyl halides is 1. The molecule has 16 heavy (non-hydrogen) atoms. The number of anilines is 1. The van der Waals surface area contributed by atoms with Crippen LogP contribution in [0, 0.1) is 0 Å². The van der Waals surface area contributed by atoms with Crippen molar-refractivity contribution in [1.82, 2.24) is 0 Å². The monoisotopic (exact) mass is 222 g/mol. The first-order chi connectivity index (χ1) is 7.85. The van der Waals surface area contributed by atoms with Crippen LogP contribution in [0.4, 0.5) is 10.1 Å². The molecule has 1 aromatic carbocycles. The minimum absolute atomic E-state index is 0.232. The Hall–Kier alpha value is -1.09. The maximum Gasteiger partial charge on any atom is 0.0911 e. The van der Waals surface area contributed by atoms with E-state index in [9.17, 15) is 4.39 Å². The van der Waals surface area contributed by atoms with Gasteiger partial charge in [-0.15, -0.1) is 0 Å².